The van der Waals surface area contributed by atoms with Crippen molar-refractivity contribution >= 4 is 22.8 Å². The van der Waals surface area contributed by atoms with E-state index in [1.54, 1.807) is 13.2 Å². The van der Waals surface area contributed by atoms with E-state index in [1.165, 1.54) is 24.2 Å². The largest absolute Gasteiger partial charge is 0.496 e. The number of benzene rings is 1. The highest BCUT2D eigenvalue weighted by Crippen LogP contribution is 2.37. The second-order valence-corrected chi connectivity index (χ2v) is 7.11. The molecule has 3 aromatic heterocycles. The number of ether oxygens (including phenoxy) is 1. The third kappa shape index (κ3) is 3.67. The van der Waals surface area contributed by atoms with Gasteiger partial charge >= 0.3 is 6.18 Å². The van der Waals surface area contributed by atoms with E-state index in [9.17, 15) is 18.4 Å². The molecule has 1 N–H and O–H groups in total. The van der Waals surface area contributed by atoms with Gasteiger partial charge in [-0.2, -0.15) is 18.4 Å². The van der Waals surface area contributed by atoms with E-state index in [0.29, 0.717) is 16.5 Å². The maximum Gasteiger partial charge on any atom is 0.417 e. The number of aromatic nitrogens is 4. The molecule has 4 rings (SSSR count). The van der Waals surface area contributed by atoms with Gasteiger partial charge in [-0.25, -0.2) is 15.0 Å². The van der Waals surface area contributed by atoms with E-state index in [4.69, 9.17) is 4.74 Å². The normalized spacial score (nSPS) is 11.4. The first kappa shape index (κ1) is 19.7. The second-order valence-electron chi connectivity index (χ2n) is 6.10. The van der Waals surface area contributed by atoms with E-state index >= 15 is 0 Å². The van der Waals surface area contributed by atoms with Crippen LogP contribution < -0.4 is 4.74 Å². The standard InChI is InChI=1S/C20H12F3N5OS/c1-29-15-4-2-3-5-16(15)30-19-27-8-11(7-24)17(28-19)14-10-26-18-13(14)6-12(9-25-18)20(21,22)23/h2-6,8-10H,1H3,(H,25,26). The van der Waals surface area contributed by atoms with E-state index in [2.05, 4.69) is 19.9 Å². The second kappa shape index (κ2) is 7.68. The summed E-state index contributed by atoms with van der Waals surface area (Å²) < 4.78 is 44.7. The highest BCUT2D eigenvalue weighted by atomic mass is 32.2. The van der Waals surface area contributed by atoms with Crippen LogP contribution in [0.5, 0.6) is 5.75 Å². The number of rotatable bonds is 4. The molecule has 30 heavy (non-hydrogen) atoms. The predicted molar refractivity (Wildman–Crippen MR) is 104 cm³/mol. The van der Waals surface area contributed by atoms with E-state index < -0.39 is 11.7 Å². The minimum atomic E-state index is -4.54. The fourth-order valence-corrected chi connectivity index (χ4v) is 3.70. The molecule has 0 spiro atoms. The highest BCUT2D eigenvalue weighted by Gasteiger charge is 2.31. The molecule has 3 heterocycles. The lowest BCUT2D eigenvalue weighted by Gasteiger charge is -2.09. The van der Waals surface area contributed by atoms with Crippen LogP contribution in [0.2, 0.25) is 0 Å². The number of nitriles is 1. The lowest BCUT2D eigenvalue weighted by molar-refractivity contribution is -0.137. The van der Waals surface area contributed by atoms with Crippen LogP contribution in [0.1, 0.15) is 11.1 Å². The van der Waals surface area contributed by atoms with Gasteiger partial charge < -0.3 is 9.72 Å². The van der Waals surface area contributed by atoms with Crippen molar-refractivity contribution in [2.75, 3.05) is 7.11 Å². The fraction of sp³-hybridized carbons (Fsp3) is 0.100. The monoisotopic (exact) mass is 427 g/mol. The number of alkyl halides is 3. The van der Waals surface area contributed by atoms with Gasteiger partial charge in [0.25, 0.3) is 0 Å². The summed E-state index contributed by atoms with van der Waals surface area (Å²) in [5, 5.41) is 10.0. The predicted octanol–water partition coefficient (Wildman–Crippen LogP) is 5.07. The number of methoxy groups -OCH3 is 1. The van der Waals surface area contributed by atoms with E-state index in [-0.39, 0.29) is 22.3 Å². The number of pyridine rings is 1. The molecule has 10 heteroatoms. The first-order chi connectivity index (χ1) is 14.4. The Labute approximate surface area is 172 Å². The molecular weight excluding hydrogens is 415 g/mol. The molecule has 0 aliphatic heterocycles. The Morgan fingerprint density at radius 3 is 2.70 bits per heavy atom. The van der Waals surface area contributed by atoms with Crippen molar-refractivity contribution in [1.29, 1.82) is 5.26 Å². The molecule has 0 bridgehead atoms. The zero-order chi connectivity index (χ0) is 21.3. The number of nitrogens with one attached hydrogen (secondary N) is 1. The fourth-order valence-electron chi connectivity index (χ4n) is 2.86. The minimum absolute atomic E-state index is 0.137. The Kier molecular flexibility index (Phi) is 5.05. The van der Waals surface area contributed by atoms with Gasteiger partial charge in [0.2, 0.25) is 0 Å². The number of nitrogens with zero attached hydrogens (tertiary/aromatic N) is 4. The van der Waals surface area contributed by atoms with Crippen molar-refractivity contribution in [2.24, 2.45) is 0 Å². The molecular formula is C20H12F3N5OS. The van der Waals surface area contributed by atoms with E-state index in [0.717, 1.165) is 17.2 Å². The summed E-state index contributed by atoms with van der Waals surface area (Å²) in [7, 11) is 1.54. The number of aromatic amines is 1. The first-order valence-electron chi connectivity index (χ1n) is 8.53. The van der Waals surface area contributed by atoms with Crippen LogP contribution in [0.25, 0.3) is 22.3 Å². The van der Waals surface area contributed by atoms with Crippen LogP contribution in [0.4, 0.5) is 13.2 Å². The van der Waals surface area contributed by atoms with Crippen LogP contribution in [0.15, 0.2) is 59.0 Å². The van der Waals surface area contributed by atoms with Crippen molar-refractivity contribution < 1.29 is 17.9 Å². The van der Waals surface area contributed by atoms with Gasteiger partial charge in [-0.1, -0.05) is 12.1 Å². The summed E-state index contributed by atoms with van der Waals surface area (Å²) >= 11 is 1.22. The Morgan fingerprint density at radius 2 is 1.97 bits per heavy atom. The Bertz CT molecular complexity index is 1280. The minimum Gasteiger partial charge on any atom is -0.496 e. The molecule has 0 aliphatic carbocycles. The van der Waals surface area contributed by atoms with Crippen molar-refractivity contribution in [2.45, 2.75) is 16.2 Å². The van der Waals surface area contributed by atoms with Gasteiger partial charge in [-0.3, -0.25) is 0 Å². The Balaban J connectivity index is 1.83. The number of para-hydroxylation sites is 1. The van der Waals surface area contributed by atoms with E-state index in [1.807, 2.05) is 24.3 Å². The molecule has 0 saturated carbocycles. The number of hydrogen-bond acceptors (Lipinski definition) is 6. The van der Waals surface area contributed by atoms with Crippen molar-refractivity contribution in [3.05, 3.63) is 60.0 Å². The summed E-state index contributed by atoms with van der Waals surface area (Å²) in [5.74, 6) is 0.628. The van der Waals surface area contributed by atoms with Crippen LogP contribution in [-0.4, -0.2) is 27.0 Å². The van der Waals surface area contributed by atoms with Crippen LogP contribution in [-0.2, 0) is 6.18 Å². The molecule has 0 unspecified atom stereocenters. The van der Waals surface area contributed by atoms with Gasteiger partial charge in [0.05, 0.1) is 28.8 Å². The summed E-state index contributed by atoms with van der Waals surface area (Å²) in [6, 6.07) is 10.3. The summed E-state index contributed by atoms with van der Waals surface area (Å²) in [6.45, 7) is 0. The molecule has 150 valence electrons. The Morgan fingerprint density at radius 1 is 1.17 bits per heavy atom. The molecule has 0 fully saturated rings. The maximum atomic E-state index is 13.1. The van der Waals surface area contributed by atoms with Crippen LogP contribution in [0.3, 0.4) is 0 Å². The summed E-state index contributed by atoms with van der Waals surface area (Å²) in [6.07, 6.45) is -0.945. The molecule has 0 radical (unpaired) electrons. The quantitative estimate of drug-likeness (QED) is 0.458. The number of H-pyrrole nitrogens is 1. The zero-order valence-electron chi connectivity index (χ0n) is 15.4. The zero-order valence-corrected chi connectivity index (χ0v) is 16.2. The third-order valence-corrected chi connectivity index (χ3v) is 5.21. The summed E-state index contributed by atoms with van der Waals surface area (Å²) in [4.78, 5) is 16.1. The van der Waals surface area contributed by atoms with Crippen molar-refractivity contribution in [3.8, 4) is 23.1 Å². The third-order valence-electron chi connectivity index (χ3n) is 4.27. The average Bonchev–Trinajstić information content (AvgIpc) is 3.16. The van der Waals surface area contributed by atoms with Gasteiger partial charge in [0, 0.05) is 29.5 Å². The molecule has 0 atom stereocenters. The number of hydrogen-bond donors (Lipinski definition) is 1. The van der Waals surface area contributed by atoms with Crippen LogP contribution >= 0.6 is 11.8 Å². The smallest absolute Gasteiger partial charge is 0.417 e. The van der Waals surface area contributed by atoms with Gasteiger partial charge in [0.1, 0.15) is 17.5 Å². The Hall–Kier alpha value is -3.58. The highest BCUT2D eigenvalue weighted by molar-refractivity contribution is 7.99. The molecule has 4 aromatic rings. The molecule has 0 amide bonds. The lowest BCUT2D eigenvalue weighted by Crippen LogP contribution is -2.05. The SMILES string of the molecule is COc1ccccc1Sc1ncc(C#N)c(-c2c[nH]c3ncc(C(F)(F)F)cc23)n1. The molecule has 6 nitrogen and oxygen atoms in total. The summed E-state index contributed by atoms with van der Waals surface area (Å²) in [5.41, 5.74) is 0.0749. The topological polar surface area (TPSA) is 87.5 Å². The first-order valence-corrected chi connectivity index (χ1v) is 9.35. The van der Waals surface area contributed by atoms with Crippen molar-refractivity contribution in [1.82, 2.24) is 19.9 Å². The van der Waals surface area contributed by atoms with Crippen molar-refractivity contribution in [3.63, 3.8) is 0 Å². The van der Waals surface area contributed by atoms with Gasteiger partial charge in [0.15, 0.2) is 5.16 Å². The maximum absolute atomic E-state index is 13.1. The lowest BCUT2D eigenvalue weighted by atomic mass is 10.1. The van der Waals surface area contributed by atoms with Gasteiger partial charge in [-0.05, 0) is 30.0 Å². The molecule has 0 aliphatic rings. The number of halogens is 3. The number of fused-ring (bicyclic) bond motifs is 1. The average molecular weight is 427 g/mol. The van der Waals surface area contributed by atoms with Crippen LogP contribution in [0, 0.1) is 11.3 Å². The molecule has 0 saturated heterocycles. The van der Waals surface area contributed by atoms with Gasteiger partial charge in [-0.15, -0.1) is 0 Å². The molecule has 1 aromatic carbocycles.